The summed E-state index contributed by atoms with van der Waals surface area (Å²) < 4.78 is 0. The summed E-state index contributed by atoms with van der Waals surface area (Å²) in [6.07, 6.45) is 0.849. The van der Waals surface area contributed by atoms with Crippen LogP contribution in [0.5, 0.6) is 0 Å². The smallest absolute Gasteiger partial charge is 0.266 e. The second-order valence-corrected chi connectivity index (χ2v) is 8.34. The van der Waals surface area contributed by atoms with Crippen molar-refractivity contribution >= 4 is 34.7 Å². The van der Waals surface area contributed by atoms with Gasteiger partial charge in [-0.2, -0.15) is 0 Å². The van der Waals surface area contributed by atoms with Gasteiger partial charge in [0.15, 0.2) is 0 Å². The summed E-state index contributed by atoms with van der Waals surface area (Å²) in [5, 5.41) is 2.05. The number of benzene rings is 2. The van der Waals surface area contributed by atoms with Crippen molar-refractivity contribution in [2.75, 3.05) is 11.4 Å². The van der Waals surface area contributed by atoms with E-state index in [2.05, 4.69) is 11.4 Å². The lowest BCUT2D eigenvalue weighted by molar-refractivity contribution is 0.0735. The topological polar surface area (TPSA) is 57.7 Å². The predicted octanol–water partition coefficient (Wildman–Crippen LogP) is 4.06. The summed E-state index contributed by atoms with van der Waals surface area (Å²) in [5.74, 6) is -0.842. The summed E-state index contributed by atoms with van der Waals surface area (Å²) in [6, 6.07) is 14.2. The number of carbonyl (C=O) groups is 3. The molecule has 0 radical (unpaired) electrons. The first-order valence-corrected chi connectivity index (χ1v) is 10.4. The van der Waals surface area contributed by atoms with E-state index in [1.165, 1.54) is 15.3 Å². The first-order chi connectivity index (χ1) is 14.0. The maximum atomic E-state index is 13.0. The molecular weight excluding hydrogens is 384 g/mol. The number of carbonyl (C=O) groups excluding carboxylic acids is 3. The van der Waals surface area contributed by atoms with Crippen molar-refractivity contribution in [3.63, 3.8) is 0 Å². The Balaban J connectivity index is 1.46. The summed E-state index contributed by atoms with van der Waals surface area (Å²) >= 11 is 1.73. The molecule has 5 rings (SSSR count). The van der Waals surface area contributed by atoms with Crippen molar-refractivity contribution in [1.29, 1.82) is 0 Å². The molecule has 5 nitrogen and oxygen atoms in total. The van der Waals surface area contributed by atoms with Gasteiger partial charge in [-0.05, 0) is 60.2 Å². The lowest BCUT2D eigenvalue weighted by Crippen LogP contribution is -2.35. The second kappa shape index (κ2) is 6.67. The Labute approximate surface area is 172 Å². The van der Waals surface area contributed by atoms with Crippen LogP contribution in [0.1, 0.15) is 47.1 Å². The maximum absolute atomic E-state index is 13.0. The Bertz CT molecular complexity index is 1180. The Kier molecular flexibility index (Phi) is 4.10. The number of thiophene rings is 1. The van der Waals surface area contributed by atoms with Gasteiger partial charge in [0.1, 0.15) is 0 Å². The summed E-state index contributed by atoms with van der Waals surface area (Å²) in [5.41, 5.74) is 3.68. The first-order valence-electron chi connectivity index (χ1n) is 9.47. The minimum atomic E-state index is -0.382. The Morgan fingerprint density at radius 2 is 1.79 bits per heavy atom. The summed E-state index contributed by atoms with van der Waals surface area (Å²) in [6.45, 7) is 3.10. The van der Waals surface area contributed by atoms with Crippen LogP contribution in [0.3, 0.4) is 0 Å². The third kappa shape index (κ3) is 2.79. The molecule has 2 aliphatic rings. The van der Waals surface area contributed by atoms with Gasteiger partial charge in [-0.3, -0.25) is 14.4 Å². The largest absolute Gasteiger partial charge is 0.334 e. The van der Waals surface area contributed by atoms with Crippen LogP contribution in [0.2, 0.25) is 0 Å². The van der Waals surface area contributed by atoms with Crippen LogP contribution in [0, 0.1) is 6.92 Å². The van der Waals surface area contributed by atoms with E-state index in [0.29, 0.717) is 29.9 Å². The van der Waals surface area contributed by atoms with E-state index in [9.17, 15) is 14.4 Å². The predicted molar refractivity (Wildman–Crippen MR) is 112 cm³/mol. The molecule has 3 heterocycles. The average molecular weight is 402 g/mol. The zero-order chi connectivity index (χ0) is 20.1. The van der Waals surface area contributed by atoms with Gasteiger partial charge < -0.3 is 4.90 Å². The van der Waals surface area contributed by atoms with Gasteiger partial charge in [0.25, 0.3) is 17.7 Å². The van der Waals surface area contributed by atoms with Gasteiger partial charge in [0.2, 0.25) is 0 Å². The van der Waals surface area contributed by atoms with Gasteiger partial charge in [-0.1, -0.05) is 18.2 Å². The van der Waals surface area contributed by atoms with E-state index < -0.39 is 0 Å². The van der Waals surface area contributed by atoms with Crippen LogP contribution in [0.15, 0.2) is 53.9 Å². The second-order valence-electron chi connectivity index (χ2n) is 7.34. The van der Waals surface area contributed by atoms with Gasteiger partial charge in [0, 0.05) is 23.5 Å². The van der Waals surface area contributed by atoms with Crippen molar-refractivity contribution in [3.05, 3.63) is 86.6 Å². The number of amides is 3. The molecule has 0 N–H and O–H groups in total. The van der Waals surface area contributed by atoms with Crippen LogP contribution in [-0.2, 0) is 13.0 Å². The number of aryl methyl sites for hydroxylation is 1. The lowest BCUT2D eigenvalue weighted by atomic mass is 10.0. The van der Waals surface area contributed by atoms with E-state index in [-0.39, 0.29) is 23.3 Å². The Morgan fingerprint density at radius 1 is 1.00 bits per heavy atom. The minimum Gasteiger partial charge on any atom is -0.334 e. The molecule has 3 aromatic rings. The SMILES string of the molecule is Cc1ccccc1N1C(=O)c2ccc(C(=O)N3CCc4sccc4C3)cc2C1=O. The quantitative estimate of drug-likeness (QED) is 0.608. The maximum Gasteiger partial charge on any atom is 0.266 e. The summed E-state index contributed by atoms with van der Waals surface area (Å²) in [4.78, 5) is 43.3. The normalized spacial score (nSPS) is 15.5. The Morgan fingerprint density at radius 3 is 2.62 bits per heavy atom. The van der Waals surface area contributed by atoms with Crippen molar-refractivity contribution in [1.82, 2.24) is 4.90 Å². The van der Waals surface area contributed by atoms with Crippen LogP contribution in [0.25, 0.3) is 0 Å². The fraction of sp³-hybridized carbons (Fsp3) is 0.174. The third-order valence-electron chi connectivity index (χ3n) is 5.58. The van der Waals surface area contributed by atoms with E-state index in [0.717, 1.165) is 12.0 Å². The number of rotatable bonds is 2. The van der Waals surface area contributed by atoms with Crippen LogP contribution in [-0.4, -0.2) is 29.2 Å². The van der Waals surface area contributed by atoms with E-state index >= 15 is 0 Å². The van der Waals surface area contributed by atoms with Crippen LogP contribution in [0.4, 0.5) is 5.69 Å². The van der Waals surface area contributed by atoms with Crippen LogP contribution < -0.4 is 4.90 Å². The molecule has 0 unspecified atom stereocenters. The number of hydrogen-bond acceptors (Lipinski definition) is 4. The molecule has 2 aromatic carbocycles. The molecule has 3 amide bonds. The Hall–Kier alpha value is -3.25. The fourth-order valence-corrected chi connectivity index (χ4v) is 4.90. The zero-order valence-corrected chi connectivity index (χ0v) is 16.7. The van der Waals surface area contributed by atoms with E-state index in [1.54, 1.807) is 46.6 Å². The van der Waals surface area contributed by atoms with Gasteiger partial charge in [-0.15, -0.1) is 11.3 Å². The fourth-order valence-electron chi connectivity index (χ4n) is 4.01. The van der Waals surface area contributed by atoms with Gasteiger partial charge >= 0.3 is 0 Å². The summed E-state index contributed by atoms with van der Waals surface area (Å²) in [7, 11) is 0. The standard InChI is InChI=1S/C23H18N2O3S/c1-14-4-2-3-5-19(14)25-22(27)17-7-6-15(12-18(17)23(25)28)21(26)24-10-8-20-16(13-24)9-11-29-20/h2-7,9,11-12H,8,10,13H2,1H3. The number of hydrogen-bond donors (Lipinski definition) is 0. The highest BCUT2D eigenvalue weighted by Crippen LogP contribution is 2.32. The molecule has 0 bridgehead atoms. The van der Waals surface area contributed by atoms with Crippen molar-refractivity contribution in [2.45, 2.75) is 19.9 Å². The molecule has 0 fully saturated rings. The number of para-hydroxylation sites is 1. The minimum absolute atomic E-state index is 0.112. The van der Waals surface area contributed by atoms with E-state index in [1.807, 2.05) is 19.1 Å². The average Bonchev–Trinajstić information content (AvgIpc) is 3.30. The number of anilines is 1. The molecule has 2 aliphatic heterocycles. The molecule has 1 aromatic heterocycles. The zero-order valence-electron chi connectivity index (χ0n) is 15.8. The third-order valence-corrected chi connectivity index (χ3v) is 6.61. The molecule has 0 saturated heterocycles. The van der Waals surface area contributed by atoms with Gasteiger partial charge in [-0.25, -0.2) is 4.90 Å². The molecule has 0 aliphatic carbocycles. The first kappa shape index (κ1) is 17.8. The van der Waals surface area contributed by atoms with E-state index in [4.69, 9.17) is 0 Å². The van der Waals surface area contributed by atoms with Crippen molar-refractivity contribution in [3.8, 4) is 0 Å². The highest BCUT2D eigenvalue weighted by Gasteiger charge is 2.38. The highest BCUT2D eigenvalue weighted by molar-refractivity contribution is 7.10. The highest BCUT2D eigenvalue weighted by atomic mass is 32.1. The molecule has 29 heavy (non-hydrogen) atoms. The molecular formula is C23H18N2O3S. The van der Waals surface area contributed by atoms with Crippen molar-refractivity contribution in [2.24, 2.45) is 0 Å². The van der Waals surface area contributed by atoms with Crippen molar-refractivity contribution < 1.29 is 14.4 Å². The molecule has 144 valence electrons. The molecule has 0 atom stereocenters. The molecule has 0 spiro atoms. The number of fused-ring (bicyclic) bond motifs is 2. The number of nitrogens with zero attached hydrogens (tertiary/aromatic N) is 2. The molecule has 6 heteroatoms. The van der Waals surface area contributed by atoms with Crippen LogP contribution >= 0.6 is 11.3 Å². The molecule has 0 saturated carbocycles. The number of imide groups is 1. The lowest BCUT2D eigenvalue weighted by Gasteiger charge is -2.27. The van der Waals surface area contributed by atoms with Gasteiger partial charge in [0.05, 0.1) is 16.8 Å². The monoisotopic (exact) mass is 402 g/mol.